The van der Waals surface area contributed by atoms with Crippen molar-refractivity contribution < 1.29 is 56.6 Å². The van der Waals surface area contributed by atoms with Gasteiger partial charge in [0.15, 0.2) is 0 Å². The molecular formula is C65H82N6O12S2. The van der Waals surface area contributed by atoms with Crippen LogP contribution < -0.4 is 25.5 Å². The predicted octanol–water partition coefficient (Wildman–Crippen LogP) is 10.9. The van der Waals surface area contributed by atoms with Crippen molar-refractivity contribution in [2.75, 3.05) is 23.7 Å². The number of aromatic hydroxyl groups is 1. The number of aliphatic hydroxyl groups is 1. The Bertz CT molecular complexity index is 3230. The number of aromatic nitrogens is 1. The van der Waals surface area contributed by atoms with E-state index in [0.717, 1.165) is 102 Å². The van der Waals surface area contributed by atoms with Crippen molar-refractivity contribution in [3.05, 3.63) is 125 Å². The Morgan fingerprint density at radius 1 is 0.729 bits per heavy atom. The number of thiazole rings is 1. The van der Waals surface area contributed by atoms with Gasteiger partial charge in [-0.3, -0.25) is 24.0 Å². The summed E-state index contributed by atoms with van der Waals surface area (Å²) in [5.74, 6) is -1.66. The first-order chi connectivity index (χ1) is 40.6. The molecule has 3 aliphatic rings. The fourth-order valence-electron chi connectivity index (χ4n) is 11.5. The van der Waals surface area contributed by atoms with E-state index in [1.54, 1.807) is 72.0 Å². The highest BCUT2D eigenvalue weighted by Gasteiger charge is 2.54. The van der Waals surface area contributed by atoms with Gasteiger partial charge in [-0.05, 0) is 127 Å². The first-order valence-corrected chi connectivity index (χ1v) is 32.2. The summed E-state index contributed by atoms with van der Waals surface area (Å²) in [6.45, 7) is 10.2. The van der Waals surface area contributed by atoms with E-state index < -0.39 is 57.1 Å². The predicted molar refractivity (Wildman–Crippen MR) is 330 cm³/mol. The van der Waals surface area contributed by atoms with Crippen molar-refractivity contribution in [1.82, 2.24) is 20.5 Å². The molecule has 20 heteroatoms. The van der Waals surface area contributed by atoms with Crippen molar-refractivity contribution in [2.45, 2.75) is 179 Å². The van der Waals surface area contributed by atoms with E-state index in [4.69, 9.17) is 14.0 Å². The molecule has 7 atom stereocenters. The van der Waals surface area contributed by atoms with Gasteiger partial charge in [-0.2, -0.15) is 8.42 Å². The zero-order valence-electron chi connectivity index (χ0n) is 49.3. The number of anilines is 2. The molecule has 0 radical (unpaired) electrons. The first-order valence-electron chi connectivity index (χ1n) is 29.8. The fourth-order valence-corrected chi connectivity index (χ4v) is 13.7. The topological polar surface area (TPSA) is 263 Å². The number of aryl methyl sites for hydroxylation is 1. The van der Waals surface area contributed by atoms with Crippen molar-refractivity contribution >= 4 is 73.6 Å². The number of ether oxygens (including phenoxy) is 1. The number of nitrogens with zero attached hydrogens (tertiary/aromatic N) is 2. The summed E-state index contributed by atoms with van der Waals surface area (Å²) in [4.78, 5) is 71.5. The van der Waals surface area contributed by atoms with Crippen LogP contribution >= 0.6 is 11.3 Å². The number of carboxylic acid groups (broad SMARTS) is 1. The number of phenols is 1. The molecule has 85 heavy (non-hydrogen) atoms. The molecule has 8 rings (SSSR count). The Morgan fingerprint density at radius 2 is 1.31 bits per heavy atom. The number of fused-ring (bicyclic) bond motifs is 2. The summed E-state index contributed by atoms with van der Waals surface area (Å²) in [7, 11) is -4.19. The van der Waals surface area contributed by atoms with E-state index in [-0.39, 0.29) is 73.4 Å². The number of unbranched alkanes of at least 4 members (excludes halogenated alkanes) is 9. The smallest absolute Gasteiger partial charge is 0.315 e. The number of hydrogen-bond donors (Lipinski definition) is 7. The number of benzene rings is 4. The summed E-state index contributed by atoms with van der Waals surface area (Å²) >= 11 is 1.57. The third-order valence-corrected chi connectivity index (χ3v) is 18.7. The Balaban J connectivity index is 0.732. The Morgan fingerprint density at radius 3 is 1.93 bits per heavy atom. The molecule has 456 valence electrons. The molecule has 1 unspecified atom stereocenters. The lowest BCUT2D eigenvalue weighted by atomic mass is 9.83. The summed E-state index contributed by atoms with van der Waals surface area (Å²) in [6.07, 6.45) is 7.94. The van der Waals surface area contributed by atoms with E-state index in [1.165, 1.54) is 4.90 Å². The zero-order valence-corrected chi connectivity index (χ0v) is 50.9. The molecule has 4 amide bonds. The monoisotopic (exact) mass is 1200 g/mol. The summed E-state index contributed by atoms with van der Waals surface area (Å²) in [6, 6.07) is 26.6. The number of carboxylic acids is 1. The molecule has 2 saturated heterocycles. The van der Waals surface area contributed by atoms with Gasteiger partial charge in [0.1, 0.15) is 34.9 Å². The zero-order chi connectivity index (χ0) is 60.8. The minimum Gasteiger partial charge on any atom is -0.508 e. The molecule has 18 nitrogen and oxygen atoms in total. The fraction of sp³-hybridized carbons (Fsp3) is 0.477. The minimum absolute atomic E-state index is 0.00440. The molecule has 0 spiro atoms. The number of aliphatic carboxylic acids is 1. The second-order valence-corrected chi connectivity index (χ2v) is 26.4. The Hall–Kier alpha value is -7.13. The van der Waals surface area contributed by atoms with Crippen LogP contribution in [0.4, 0.5) is 11.4 Å². The Kier molecular flexibility index (Phi) is 22.0. The van der Waals surface area contributed by atoms with E-state index in [2.05, 4.69) is 26.3 Å². The maximum atomic E-state index is 14.2. The van der Waals surface area contributed by atoms with Gasteiger partial charge < -0.3 is 50.4 Å². The number of amides is 4. The van der Waals surface area contributed by atoms with E-state index in [9.17, 15) is 42.6 Å². The van der Waals surface area contributed by atoms with Crippen molar-refractivity contribution in [3.8, 4) is 21.9 Å². The molecule has 0 saturated carbocycles. The Labute approximate surface area is 503 Å². The van der Waals surface area contributed by atoms with Crippen LogP contribution in [0.2, 0.25) is 0 Å². The lowest BCUT2D eigenvalue weighted by molar-refractivity contribution is -0.144. The molecule has 2 bridgehead atoms. The molecule has 5 aromatic rings. The lowest BCUT2D eigenvalue weighted by Crippen LogP contribution is -2.57. The van der Waals surface area contributed by atoms with Crippen LogP contribution in [0.1, 0.15) is 159 Å². The molecule has 7 N–H and O–H groups in total. The van der Waals surface area contributed by atoms with Gasteiger partial charge in [0, 0.05) is 56.6 Å². The normalized spacial score (nSPS) is 19.1. The molecule has 2 fully saturated rings. The highest BCUT2D eigenvalue weighted by molar-refractivity contribution is 7.87. The van der Waals surface area contributed by atoms with Gasteiger partial charge in [0.2, 0.25) is 23.6 Å². The number of phenolic OH excluding ortho intramolecular Hbond substituents is 1. The molecule has 3 aliphatic heterocycles. The third kappa shape index (κ3) is 17.3. The number of likely N-dealkylation sites (tertiary alicyclic amines) is 1. The maximum Gasteiger partial charge on any atom is 0.315 e. The van der Waals surface area contributed by atoms with Crippen LogP contribution in [0.25, 0.3) is 21.6 Å². The number of carbonyl (C=O) groups excluding carboxylic acids is 4. The standard InChI is InChI=1S/C65H82N6O12S2/c1-41(43-20-22-46(23-21-43)61-42(2)67-40-84-61)68-63(78)52-37-50(73)39-71(52)64(79)62(65(3,4)5)70-56(75)18-13-9-7-6-8-12-16-36-66-47-30-34-51(35-31-47)83-85(80,81)54-38-53-58(44-26-32-49(72)33-27-44)59(60(54)82-53)45-24-28-48(29-25-45)69-55(74)17-14-10-11-15-19-57(76)77/h20-35,40-41,50,52-54,60,62,66,72-73H,6-19,36-39H2,1-5H3,(H,68,78)(H,69,74)(H,70,75)(H,76,77)/t41-,50-,52+,53-,54?,60+,62-/m1/s1. The number of rotatable bonds is 30. The quantitative estimate of drug-likeness (QED) is 0.0167. The minimum atomic E-state index is -4.19. The number of β-amino-alcohol motifs (C(OH)–C–C–N with tert-alkyl or cyclic N) is 1. The van der Waals surface area contributed by atoms with E-state index in [1.807, 2.05) is 76.5 Å². The van der Waals surface area contributed by atoms with Gasteiger partial charge in [0.05, 0.1) is 34.3 Å². The van der Waals surface area contributed by atoms with Gasteiger partial charge >= 0.3 is 16.1 Å². The third-order valence-electron chi connectivity index (χ3n) is 16.1. The highest BCUT2D eigenvalue weighted by Crippen LogP contribution is 2.51. The average Bonchev–Trinajstić information content (AvgIpc) is 2.22. The largest absolute Gasteiger partial charge is 0.508 e. The summed E-state index contributed by atoms with van der Waals surface area (Å²) in [5.41, 5.74) is 8.55. The van der Waals surface area contributed by atoms with Crippen molar-refractivity contribution in [2.24, 2.45) is 5.41 Å². The number of aliphatic hydroxyl groups excluding tert-OH is 1. The van der Waals surface area contributed by atoms with Crippen LogP contribution in [0.5, 0.6) is 11.5 Å². The van der Waals surface area contributed by atoms with E-state index in [0.29, 0.717) is 36.9 Å². The SMILES string of the molecule is Cc1ncsc1-c1ccc([C@@H](C)NC(=O)[C@@H]2C[C@@H](O)CN2C(=O)[C@@H](NC(=O)CCCCCCCCCNc2ccc(OS(=O)(=O)C3C[C@H]4O[C@@H]3C(c3ccc(NC(=O)CCCCCCC(=O)O)cc3)=C4c3ccc(O)cc3)cc2)C(C)(C)C)cc1. The molecule has 1 aromatic heterocycles. The number of nitrogens with one attached hydrogen (secondary N) is 4. The summed E-state index contributed by atoms with van der Waals surface area (Å²) < 4.78 is 40.2. The molecule has 4 heterocycles. The summed E-state index contributed by atoms with van der Waals surface area (Å²) in [5, 5.41) is 40.9. The van der Waals surface area contributed by atoms with Gasteiger partial charge in [0.25, 0.3) is 0 Å². The second-order valence-electron chi connectivity index (χ2n) is 23.8. The van der Waals surface area contributed by atoms with Gasteiger partial charge in [-0.15, -0.1) is 11.3 Å². The van der Waals surface area contributed by atoms with E-state index >= 15 is 0 Å². The average molecular weight is 1200 g/mol. The molecule has 4 aromatic carbocycles. The van der Waals surface area contributed by atoms with Crippen LogP contribution in [-0.4, -0.2) is 112 Å². The van der Waals surface area contributed by atoms with Gasteiger partial charge in [-0.1, -0.05) is 114 Å². The van der Waals surface area contributed by atoms with Crippen LogP contribution in [0.3, 0.4) is 0 Å². The number of carbonyl (C=O) groups is 5. The number of hydrogen-bond acceptors (Lipinski definition) is 14. The molecule has 0 aliphatic carbocycles. The second kappa shape index (κ2) is 29.3. The lowest BCUT2D eigenvalue weighted by Gasteiger charge is -2.35. The van der Waals surface area contributed by atoms with Gasteiger partial charge in [-0.25, -0.2) is 4.98 Å². The van der Waals surface area contributed by atoms with Crippen molar-refractivity contribution in [1.29, 1.82) is 0 Å². The molecular weight excluding hydrogens is 1120 g/mol. The van der Waals surface area contributed by atoms with Crippen molar-refractivity contribution in [3.63, 3.8) is 0 Å². The maximum absolute atomic E-state index is 14.2. The van der Waals surface area contributed by atoms with Crippen LogP contribution in [0.15, 0.2) is 103 Å². The highest BCUT2D eigenvalue weighted by atomic mass is 32.2. The van der Waals surface area contributed by atoms with Crippen LogP contribution in [-0.2, 0) is 38.8 Å². The first kappa shape index (κ1) is 63.9. The van der Waals surface area contributed by atoms with Crippen LogP contribution in [0, 0.1) is 12.3 Å².